The summed E-state index contributed by atoms with van der Waals surface area (Å²) < 4.78 is 10.4. The SMILES string of the molecule is Oc1cc2cc(O)c(CC3CO3)cc2cc1CC1CO1. The second-order valence-electron chi connectivity index (χ2n) is 5.63. The molecule has 2 fully saturated rings. The van der Waals surface area contributed by atoms with Gasteiger partial charge < -0.3 is 19.7 Å². The molecule has 2 heterocycles. The zero-order chi connectivity index (χ0) is 13.7. The molecule has 4 nitrogen and oxygen atoms in total. The first-order chi connectivity index (χ1) is 9.69. The van der Waals surface area contributed by atoms with Crippen molar-refractivity contribution in [2.24, 2.45) is 0 Å². The number of rotatable bonds is 4. The third-order valence-corrected chi connectivity index (χ3v) is 3.94. The lowest BCUT2D eigenvalue weighted by Crippen LogP contribution is -1.96. The Morgan fingerprint density at radius 2 is 1.20 bits per heavy atom. The van der Waals surface area contributed by atoms with E-state index in [4.69, 9.17) is 9.47 Å². The summed E-state index contributed by atoms with van der Waals surface area (Å²) in [6, 6.07) is 7.40. The molecule has 2 unspecified atom stereocenters. The number of epoxide rings is 2. The van der Waals surface area contributed by atoms with Crippen molar-refractivity contribution in [3.05, 3.63) is 35.4 Å². The maximum absolute atomic E-state index is 10.0. The Bertz CT molecular complexity index is 617. The van der Waals surface area contributed by atoms with E-state index in [0.29, 0.717) is 0 Å². The summed E-state index contributed by atoms with van der Waals surface area (Å²) >= 11 is 0. The maximum atomic E-state index is 10.0. The third-order valence-electron chi connectivity index (χ3n) is 3.94. The van der Waals surface area contributed by atoms with Crippen LogP contribution in [0.3, 0.4) is 0 Å². The number of ether oxygens (including phenoxy) is 2. The van der Waals surface area contributed by atoms with Gasteiger partial charge in [0.15, 0.2) is 0 Å². The first-order valence-corrected chi connectivity index (χ1v) is 6.90. The Kier molecular flexibility index (Phi) is 2.62. The van der Waals surface area contributed by atoms with Gasteiger partial charge in [-0.1, -0.05) is 0 Å². The van der Waals surface area contributed by atoms with Gasteiger partial charge in [-0.25, -0.2) is 0 Å². The summed E-state index contributed by atoms with van der Waals surface area (Å²) in [5.41, 5.74) is 1.80. The van der Waals surface area contributed by atoms with Crippen LogP contribution < -0.4 is 0 Å². The standard InChI is InChI=1S/C16H16O4/c17-15-5-10-6-16(18)12(4-14-8-20-14)2-9(10)1-11(15)3-13-7-19-13/h1-2,5-6,13-14,17-18H,3-4,7-8H2. The molecule has 0 amide bonds. The maximum Gasteiger partial charge on any atom is 0.119 e. The van der Waals surface area contributed by atoms with Crippen molar-refractivity contribution in [3.8, 4) is 11.5 Å². The van der Waals surface area contributed by atoms with E-state index in [9.17, 15) is 10.2 Å². The molecule has 20 heavy (non-hydrogen) atoms. The van der Waals surface area contributed by atoms with E-state index in [-0.39, 0.29) is 23.7 Å². The van der Waals surface area contributed by atoms with E-state index >= 15 is 0 Å². The monoisotopic (exact) mass is 272 g/mol. The van der Waals surface area contributed by atoms with E-state index in [2.05, 4.69) is 0 Å². The highest BCUT2D eigenvalue weighted by Crippen LogP contribution is 2.33. The number of phenolic OH excluding ortho intramolecular Hbond substituents is 2. The molecular formula is C16H16O4. The summed E-state index contributed by atoms with van der Waals surface area (Å²) in [6.07, 6.45) is 1.97. The predicted molar refractivity (Wildman–Crippen MR) is 74.2 cm³/mol. The number of phenols is 2. The van der Waals surface area contributed by atoms with Gasteiger partial charge in [-0.3, -0.25) is 0 Å². The number of benzene rings is 2. The van der Waals surface area contributed by atoms with Gasteiger partial charge >= 0.3 is 0 Å². The van der Waals surface area contributed by atoms with Crippen molar-refractivity contribution in [1.29, 1.82) is 0 Å². The van der Waals surface area contributed by atoms with Crippen molar-refractivity contribution in [2.45, 2.75) is 25.0 Å². The van der Waals surface area contributed by atoms with Crippen LogP contribution in [0.25, 0.3) is 10.8 Å². The quantitative estimate of drug-likeness (QED) is 0.837. The summed E-state index contributed by atoms with van der Waals surface area (Å²) in [7, 11) is 0. The third kappa shape index (κ3) is 2.32. The van der Waals surface area contributed by atoms with Crippen molar-refractivity contribution in [2.75, 3.05) is 13.2 Å². The number of aromatic hydroxyl groups is 2. The lowest BCUT2D eigenvalue weighted by Gasteiger charge is -2.09. The van der Waals surface area contributed by atoms with Gasteiger partial charge in [0, 0.05) is 12.8 Å². The molecule has 0 radical (unpaired) electrons. The van der Waals surface area contributed by atoms with E-state index in [0.717, 1.165) is 48.0 Å². The highest BCUT2D eigenvalue weighted by atomic mass is 16.6. The predicted octanol–water partition coefficient (Wildman–Crippen LogP) is 2.13. The zero-order valence-corrected chi connectivity index (χ0v) is 11.0. The average molecular weight is 272 g/mol. The Morgan fingerprint density at radius 1 is 0.800 bits per heavy atom. The summed E-state index contributed by atoms with van der Waals surface area (Å²) in [6.45, 7) is 1.55. The van der Waals surface area contributed by atoms with Crippen LogP contribution in [0.1, 0.15) is 11.1 Å². The molecule has 2 aliphatic heterocycles. The fourth-order valence-electron chi connectivity index (χ4n) is 2.61. The molecule has 0 saturated carbocycles. The first kappa shape index (κ1) is 12.0. The van der Waals surface area contributed by atoms with Crippen LogP contribution in [0.15, 0.2) is 24.3 Å². The Morgan fingerprint density at radius 3 is 1.60 bits per heavy atom. The lowest BCUT2D eigenvalue weighted by molar-refractivity contribution is 0.401. The molecule has 4 heteroatoms. The van der Waals surface area contributed by atoms with Crippen LogP contribution in [-0.2, 0) is 22.3 Å². The van der Waals surface area contributed by atoms with Gasteiger partial charge in [0.2, 0.25) is 0 Å². The molecule has 4 rings (SSSR count). The van der Waals surface area contributed by atoms with Gasteiger partial charge in [-0.15, -0.1) is 0 Å². The smallest absolute Gasteiger partial charge is 0.119 e. The minimum absolute atomic E-state index is 0.245. The summed E-state index contributed by atoms with van der Waals surface area (Å²) in [5.74, 6) is 0.538. The van der Waals surface area contributed by atoms with Crippen LogP contribution in [0.2, 0.25) is 0 Å². The van der Waals surface area contributed by atoms with Gasteiger partial charge in [-0.2, -0.15) is 0 Å². The Hall–Kier alpha value is -1.78. The summed E-state index contributed by atoms with van der Waals surface area (Å²) in [4.78, 5) is 0. The van der Waals surface area contributed by atoms with Crippen LogP contribution in [-0.4, -0.2) is 35.6 Å². The molecule has 104 valence electrons. The average Bonchev–Trinajstić information content (AvgIpc) is 3.27. The van der Waals surface area contributed by atoms with E-state index in [1.807, 2.05) is 12.1 Å². The molecule has 2 saturated heterocycles. The topological polar surface area (TPSA) is 65.5 Å². The fourth-order valence-corrected chi connectivity index (χ4v) is 2.61. The Labute approximate surface area is 116 Å². The minimum Gasteiger partial charge on any atom is -0.508 e. The Balaban J connectivity index is 1.75. The lowest BCUT2D eigenvalue weighted by atomic mass is 9.98. The fraction of sp³-hybridized carbons (Fsp3) is 0.375. The zero-order valence-electron chi connectivity index (χ0n) is 11.0. The molecule has 0 aromatic heterocycles. The molecule has 2 atom stereocenters. The number of hydrogen-bond acceptors (Lipinski definition) is 4. The number of fused-ring (bicyclic) bond motifs is 1. The highest BCUT2D eigenvalue weighted by molar-refractivity contribution is 5.87. The highest BCUT2D eigenvalue weighted by Gasteiger charge is 2.25. The molecule has 2 aromatic rings. The van der Waals surface area contributed by atoms with Gasteiger partial charge in [-0.05, 0) is 46.2 Å². The van der Waals surface area contributed by atoms with Crippen molar-refractivity contribution >= 4 is 10.8 Å². The van der Waals surface area contributed by atoms with E-state index < -0.39 is 0 Å². The van der Waals surface area contributed by atoms with Crippen LogP contribution in [0, 0.1) is 0 Å². The first-order valence-electron chi connectivity index (χ1n) is 6.90. The van der Waals surface area contributed by atoms with Gasteiger partial charge in [0.05, 0.1) is 25.4 Å². The molecule has 2 aromatic carbocycles. The van der Waals surface area contributed by atoms with Gasteiger partial charge in [0.1, 0.15) is 11.5 Å². The van der Waals surface area contributed by atoms with Crippen molar-refractivity contribution < 1.29 is 19.7 Å². The second kappa shape index (κ2) is 4.36. The van der Waals surface area contributed by atoms with Gasteiger partial charge in [0.25, 0.3) is 0 Å². The molecule has 0 aliphatic carbocycles. The van der Waals surface area contributed by atoms with Crippen LogP contribution in [0.4, 0.5) is 0 Å². The number of hydrogen-bond donors (Lipinski definition) is 2. The molecule has 2 aliphatic rings. The van der Waals surface area contributed by atoms with E-state index in [1.165, 1.54) is 0 Å². The van der Waals surface area contributed by atoms with Crippen LogP contribution >= 0.6 is 0 Å². The van der Waals surface area contributed by atoms with Crippen LogP contribution in [0.5, 0.6) is 11.5 Å². The molecular weight excluding hydrogens is 256 g/mol. The normalized spacial score (nSPS) is 24.0. The second-order valence-corrected chi connectivity index (χ2v) is 5.63. The molecule has 0 bridgehead atoms. The van der Waals surface area contributed by atoms with E-state index in [1.54, 1.807) is 12.1 Å². The summed E-state index contributed by atoms with van der Waals surface area (Å²) in [5, 5.41) is 22.0. The largest absolute Gasteiger partial charge is 0.508 e. The molecule has 2 N–H and O–H groups in total. The minimum atomic E-state index is 0.245. The van der Waals surface area contributed by atoms with Crippen molar-refractivity contribution in [3.63, 3.8) is 0 Å². The molecule has 0 spiro atoms. The van der Waals surface area contributed by atoms with Crippen molar-refractivity contribution in [1.82, 2.24) is 0 Å².